The Morgan fingerprint density at radius 3 is 1.10 bits per heavy atom. The second kappa shape index (κ2) is 26.8. The van der Waals surface area contributed by atoms with Crippen LogP contribution in [0.2, 0.25) is 0 Å². The van der Waals surface area contributed by atoms with Crippen molar-refractivity contribution in [1.82, 2.24) is 41.9 Å². The van der Waals surface area contributed by atoms with E-state index in [1.807, 2.05) is 55.4 Å². The predicted octanol–water partition coefficient (Wildman–Crippen LogP) is 0.679. The van der Waals surface area contributed by atoms with Gasteiger partial charge in [0.05, 0.1) is 12.4 Å². The third kappa shape index (κ3) is 20.9. The summed E-state index contributed by atoms with van der Waals surface area (Å²) in [7, 11) is 0. The zero-order valence-electron chi connectivity index (χ0n) is 38.2. The number of aromatic nitrogens is 2. The molecule has 21 heteroatoms. The molecule has 1 aromatic rings. The third-order valence-corrected chi connectivity index (χ3v) is 9.72. The molecule has 0 aromatic carbocycles. The van der Waals surface area contributed by atoms with E-state index >= 15 is 0 Å². The highest BCUT2D eigenvalue weighted by atomic mass is 16.4. The van der Waals surface area contributed by atoms with Gasteiger partial charge in [0.2, 0.25) is 35.4 Å². The van der Waals surface area contributed by atoms with Gasteiger partial charge in [-0.05, 0) is 61.7 Å². The number of carbonyl (C=O) groups is 9. The fraction of sp³-hybridized carbons (Fsp3) is 0.714. The predicted molar refractivity (Wildman–Crippen MR) is 230 cm³/mol. The van der Waals surface area contributed by atoms with Crippen LogP contribution in [0.5, 0.6) is 0 Å². The fourth-order valence-electron chi connectivity index (χ4n) is 6.66. The average Bonchev–Trinajstić information content (AvgIpc) is 3.66. The summed E-state index contributed by atoms with van der Waals surface area (Å²) in [5.41, 5.74) is 6.42. The molecule has 0 saturated carbocycles. The van der Waals surface area contributed by atoms with Crippen LogP contribution < -0.4 is 37.6 Å². The van der Waals surface area contributed by atoms with Crippen LogP contribution in [0.1, 0.15) is 113 Å². The molecular formula is C42H71N9O12. The quantitative estimate of drug-likeness (QED) is 0.0493. The lowest BCUT2D eigenvalue weighted by Gasteiger charge is -2.29. The van der Waals surface area contributed by atoms with Gasteiger partial charge in [0.1, 0.15) is 36.3 Å². The van der Waals surface area contributed by atoms with Crippen molar-refractivity contribution in [3.8, 4) is 0 Å². The summed E-state index contributed by atoms with van der Waals surface area (Å²) in [5.74, 6) is -12.3. The van der Waals surface area contributed by atoms with Crippen LogP contribution in [0.3, 0.4) is 0 Å². The number of hydrogen-bond acceptors (Lipinski definition) is 11. The normalized spacial score (nSPS) is 14.9. The standard InChI is InChI=1S/C42H71N9O12/c1-20(2)11-27(43)34(52)46-28(12-21(3)4)35(53)47-29(13-22(5)6)36(54)48-30(14-23(7)8)37(55)49-31(15-24(9)10)38(56)50-32(16-25-18-44-19-45-25)39(57)51-33(42(62)63)17-26(40(58)59)41(60)61/h18-24,26-33H,11-17,43H2,1-10H3,(H,44,45)(H,46,52)(H,47,53)(H,48,54)(H,49,55)(H,50,56)(H,51,57)(H,58,59)(H,60,61)(H,62,63)/t27-,28-,29-,30-,31-,32-,33-/m0/s1. The Morgan fingerprint density at radius 1 is 0.476 bits per heavy atom. The number of nitrogens with two attached hydrogens (primary N) is 1. The minimum Gasteiger partial charge on any atom is -0.481 e. The van der Waals surface area contributed by atoms with Gasteiger partial charge in [-0.25, -0.2) is 9.78 Å². The first kappa shape index (κ1) is 55.4. The molecule has 0 aliphatic heterocycles. The number of nitrogens with one attached hydrogen (secondary N) is 7. The summed E-state index contributed by atoms with van der Waals surface area (Å²) in [5, 5.41) is 44.0. The van der Waals surface area contributed by atoms with Crippen molar-refractivity contribution in [1.29, 1.82) is 0 Å². The van der Waals surface area contributed by atoms with E-state index in [9.17, 15) is 58.5 Å². The van der Waals surface area contributed by atoms with Crippen LogP contribution in [0.15, 0.2) is 12.5 Å². The molecule has 0 spiro atoms. The molecule has 0 fully saturated rings. The molecule has 21 nitrogen and oxygen atoms in total. The van der Waals surface area contributed by atoms with Gasteiger partial charge in [0.25, 0.3) is 0 Å². The molecule has 7 atom stereocenters. The number of rotatable bonds is 29. The lowest BCUT2D eigenvalue weighted by Crippen LogP contribution is -2.60. The summed E-state index contributed by atoms with van der Waals surface area (Å²) in [4.78, 5) is 124. The Bertz CT molecular complexity index is 1690. The number of amides is 6. The molecule has 1 heterocycles. The van der Waals surface area contributed by atoms with E-state index < -0.39 is 108 Å². The first-order valence-corrected chi connectivity index (χ1v) is 21.4. The maximum absolute atomic E-state index is 14.1. The first-order valence-electron chi connectivity index (χ1n) is 21.4. The number of nitrogens with zero attached hydrogens (tertiary/aromatic N) is 1. The summed E-state index contributed by atoms with van der Waals surface area (Å²) < 4.78 is 0. The molecule has 12 N–H and O–H groups in total. The topological polar surface area (TPSA) is 341 Å². The minimum absolute atomic E-state index is 0.0120. The third-order valence-electron chi connectivity index (χ3n) is 9.72. The molecule has 63 heavy (non-hydrogen) atoms. The SMILES string of the molecule is CC(C)C[C@H](NC(=O)[C@H](CC(C)C)NC(=O)[C@H](CC(C)C)NC(=O)[C@H](CC(C)C)NC(=O)[C@@H](N)CC(C)C)C(=O)N[C@@H](Cc1cnc[nH]1)C(=O)N[C@@H](CC(C(=O)O)C(=O)O)C(=O)O. The largest absolute Gasteiger partial charge is 0.481 e. The van der Waals surface area contributed by atoms with Crippen molar-refractivity contribution in [2.75, 3.05) is 0 Å². The Kier molecular flexibility index (Phi) is 23.6. The molecule has 6 amide bonds. The summed E-state index contributed by atoms with van der Waals surface area (Å²) in [6.45, 7) is 18.5. The zero-order chi connectivity index (χ0) is 48.3. The lowest BCUT2D eigenvalue weighted by molar-refractivity contribution is -0.156. The molecular weight excluding hydrogens is 823 g/mol. The van der Waals surface area contributed by atoms with Crippen LogP contribution in [0, 0.1) is 35.5 Å². The van der Waals surface area contributed by atoms with Gasteiger partial charge >= 0.3 is 17.9 Å². The number of carboxylic acids is 3. The maximum atomic E-state index is 14.1. The Labute approximate surface area is 369 Å². The average molecular weight is 894 g/mol. The molecule has 0 unspecified atom stereocenters. The van der Waals surface area contributed by atoms with Gasteiger partial charge in [0, 0.05) is 24.7 Å². The van der Waals surface area contributed by atoms with Gasteiger partial charge in [-0.2, -0.15) is 0 Å². The monoisotopic (exact) mass is 894 g/mol. The molecule has 0 aliphatic carbocycles. The van der Waals surface area contributed by atoms with E-state index in [1.165, 1.54) is 12.5 Å². The lowest BCUT2D eigenvalue weighted by atomic mass is 9.97. The second-order valence-electron chi connectivity index (χ2n) is 18.2. The van der Waals surface area contributed by atoms with Gasteiger partial charge in [-0.3, -0.25) is 38.4 Å². The van der Waals surface area contributed by atoms with E-state index in [0.29, 0.717) is 12.1 Å². The van der Waals surface area contributed by atoms with E-state index in [1.54, 1.807) is 13.8 Å². The molecule has 0 bridgehead atoms. The van der Waals surface area contributed by atoms with E-state index in [2.05, 4.69) is 41.9 Å². The van der Waals surface area contributed by atoms with Crippen molar-refractivity contribution in [2.45, 2.75) is 156 Å². The minimum atomic E-state index is -2.16. The zero-order valence-corrected chi connectivity index (χ0v) is 38.2. The van der Waals surface area contributed by atoms with Crippen molar-refractivity contribution >= 4 is 53.4 Å². The van der Waals surface area contributed by atoms with Crippen molar-refractivity contribution in [3.63, 3.8) is 0 Å². The van der Waals surface area contributed by atoms with Crippen LogP contribution in [-0.2, 0) is 49.6 Å². The highest BCUT2D eigenvalue weighted by molar-refractivity contribution is 5.98. The number of imidazole rings is 1. The molecule has 1 aromatic heterocycles. The molecule has 0 radical (unpaired) electrons. The number of aliphatic carboxylic acids is 3. The second-order valence-corrected chi connectivity index (χ2v) is 18.2. The summed E-state index contributed by atoms with van der Waals surface area (Å²) in [6, 6.07) is -8.96. The van der Waals surface area contributed by atoms with Crippen LogP contribution >= 0.6 is 0 Å². The molecule has 1 rings (SSSR count). The number of aromatic amines is 1. The number of carboxylic acid groups (broad SMARTS) is 3. The van der Waals surface area contributed by atoms with Gasteiger partial charge in [-0.1, -0.05) is 69.2 Å². The van der Waals surface area contributed by atoms with Crippen molar-refractivity contribution in [3.05, 3.63) is 18.2 Å². The van der Waals surface area contributed by atoms with Crippen LogP contribution in [0.4, 0.5) is 0 Å². The smallest absolute Gasteiger partial charge is 0.326 e. The van der Waals surface area contributed by atoms with E-state index in [4.69, 9.17) is 5.73 Å². The highest BCUT2D eigenvalue weighted by Gasteiger charge is 2.37. The van der Waals surface area contributed by atoms with Crippen molar-refractivity contribution in [2.24, 2.45) is 41.2 Å². The molecule has 356 valence electrons. The number of carbonyl (C=O) groups excluding carboxylic acids is 6. The Morgan fingerprint density at radius 2 is 0.794 bits per heavy atom. The van der Waals surface area contributed by atoms with Crippen molar-refractivity contribution < 1.29 is 58.5 Å². The first-order chi connectivity index (χ1) is 29.2. The Hall–Kier alpha value is -5.60. The van der Waals surface area contributed by atoms with Crippen LogP contribution in [-0.4, -0.2) is 121 Å². The summed E-state index contributed by atoms with van der Waals surface area (Å²) >= 11 is 0. The molecule has 0 saturated heterocycles. The molecule has 0 aliphatic rings. The van der Waals surface area contributed by atoms with Gasteiger partial charge < -0.3 is 57.9 Å². The number of H-pyrrole nitrogens is 1. The van der Waals surface area contributed by atoms with Crippen LogP contribution in [0.25, 0.3) is 0 Å². The number of hydrogen-bond donors (Lipinski definition) is 11. The van der Waals surface area contributed by atoms with E-state index in [-0.39, 0.29) is 61.7 Å². The fourth-order valence-corrected chi connectivity index (χ4v) is 6.66. The van der Waals surface area contributed by atoms with Gasteiger partial charge in [-0.15, -0.1) is 0 Å². The van der Waals surface area contributed by atoms with Gasteiger partial charge in [0.15, 0.2) is 5.92 Å². The maximum Gasteiger partial charge on any atom is 0.326 e. The Balaban J connectivity index is 3.42. The summed E-state index contributed by atoms with van der Waals surface area (Å²) in [6.07, 6.45) is 2.38. The van der Waals surface area contributed by atoms with E-state index in [0.717, 1.165) is 0 Å². The highest BCUT2D eigenvalue weighted by Crippen LogP contribution is 2.15.